The highest BCUT2D eigenvalue weighted by Crippen LogP contribution is 2.26. The topological polar surface area (TPSA) is 51.2 Å². The number of aromatic nitrogens is 1. The average molecular weight is 349 g/mol. The maximum absolute atomic E-state index is 12.3. The van der Waals surface area contributed by atoms with Crippen LogP contribution in [0.3, 0.4) is 0 Å². The molecule has 1 aromatic carbocycles. The van der Waals surface area contributed by atoms with Crippen molar-refractivity contribution in [2.75, 3.05) is 7.11 Å². The van der Waals surface area contributed by atoms with Gasteiger partial charge in [-0.15, -0.1) is 0 Å². The van der Waals surface area contributed by atoms with Gasteiger partial charge in [-0.1, -0.05) is 17.7 Å². The van der Waals surface area contributed by atoms with E-state index in [4.69, 9.17) is 4.74 Å². The molecule has 110 valence electrons. The molecule has 0 radical (unpaired) electrons. The number of pyridine rings is 1. The molecule has 21 heavy (non-hydrogen) atoms. The molecule has 0 bridgehead atoms. The van der Waals surface area contributed by atoms with Crippen LogP contribution in [0.5, 0.6) is 5.75 Å². The van der Waals surface area contributed by atoms with Crippen molar-refractivity contribution in [3.63, 3.8) is 0 Å². The number of ether oxygens (including phenoxy) is 1. The van der Waals surface area contributed by atoms with Crippen molar-refractivity contribution in [1.82, 2.24) is 10.3 Å². The molecule has 2 rings (SSSR count). The minimum atomic E-state index is -0.153. The fourth-order valence-corrected chi connectivity index (χ4v) is 2.46. The van der Waals surface area contributed by atoms with Crippen molar-refractivity contribution < 1.29 is 9.53 Å². The summed E-state index contributed by atoms with van der Waals surface area (Å²) in [6.45, 7) is 3.95. The van der Waals surface area contributed by atoms with Crippen LogP contribution in [0.2, 0.25) is 0 Å². The SMILES string of the molecule is COc1ccc(C)cc1C(C)NC(=O)c1ccnc(Br)c1. The highest BCUT2D eigenvalue weighted by molar-refractivity contribution is 9.10. The zero-order chi connectivity index (χ0) is 15.4. The van der Waals surface area contributed by atoms with E-state index in [-0.39, 0.29) is 11.9 Å². The van der Waals surface area contributed by atoms with E-state index in [0.29, 0.717) is 10.2 Å². The largest absolute Gasteiger partial charge is 0.496 e. The molecule has 1 amide bonds. The number of amides is 1. The Bertz CT molecular complexity index is 658. The van der Waals surface area contributed by atoms with Crippen molar-refractivity contribution >= 4 is 21.8 Å². The molecule has 1 aromatic heterocycles. The summed E-state index contributed by atoms with van der Waals surface area (Å²) in [5.74, 6) is 0.624. The summed E-state index contributed by atoms with van der Waals surface area (Å²) in [5, 5.41) is 2.97. The Morgan fingerprint density at radius 3 is 2.76 bits per heavy atom. The molecule has 0 saturated heterocycles. The number of hydrogen-bond acceptors (Lipinski definition) is 3. The van der Waals surface area contributed by atoms with Gasteiger partial charge in [0.2, 0.25) is 0 Å². The maximum atomic E-state index is 12.3. The highest BCUT2D eigenvalue weighted by atomic mass is 79.9. The zero-order valence-corrected chi connectivity index (χ0v) is 13.8. The standard InChI is InChI=1S/C16H17BrN2O2/c1-10-4-5-14(21-3)13(8-10)11(2)19-16(20)12-6-7-18-15(17)9-12/h4-9,11H,1-3H3,(H,19,20). The van der Waals surface area contributed by atoms with Crippen LogP contribution in [0, 0.1) is 6.92 Å². The number of nitrogens with zero attached hydrogens (tertiary/aromatic N) is 1. The summed E-state index contributed by atoms with van der Waals surface area (Å²) in [4.78, 5) is 16.3. The third-order valence-corrected chi connectivity index (χ3v) is 3.62. The third-order valence-electron chi connectivity index (χ3n) is 3.19. The maximum Gasteiger partial charge on any atom is 0.251 e. The Morgan fingerprint density at radius 1 is 1.33 bits per heavy atom. The fourth-order valence-electron chi connectivity index (χ4n) is 2.09. The summed E-state index contributed by atoms with van der Waals surface area (Å²) in [6, 6.07) is 9.13. The molecule has 0 fully saturated rings. The van der Waals surface area contributed by atoms with Gasteiger partial charge in [-0.2, -0.15) is 0 Å². The van der Waals surface area contributed by atoms with Gasteiger partial charge in [0.25, 0.3) is 5.91 Å². The molecule has 1 N–H and O–H groups in total. The Hall–Kier alpha value is -1.88. The lowest BCUT2D eigenvalue weighted by atomic mass is 10.0. The lowest BCUT2D eigenvalue weighted by molar-refractivity contribution is 0.0939. The van der Waals surface area contributed by atoms with Crippen LogP contribution >= 0.6 is 15.9 Å². The summed E-state index contributed by atoms with van der Waals surface area (Å²) < 4.78 is 5.99. The van der Waals surface area contributed by atoms with Crippen LogP contribution in [-0.4, -0.2) is 18.0 Å². The first kappa shape index (κ1) is 15.5. The number of benzene rings is 1. The van der Waals surface area contributed by atoms with Crippen LogP contribution in [0.25, 0.3) is 0 Å². The van der Waals surface area contributed by atoms with Crippen molar-refractivity contribution in [3.05, 3.63) is 57.8 Å². The number of rotatable bonds is 4. The Balaban J connectivity index is 2.20. The van der Waals surface area contributed by atoms with Gasteiger partial charge < -0.3 is 10.1 Å². The third kappa shape index (κ3) is 3.82. The molecule has 0 aliphatic carbocycles. The van der Waals surface area contributed by atoms with Crippen molar-refractivity contribution in [2.45, 2.75) is 19.9 Å². The van der Waals surface area contributed by atoms with Gasteiger partial charge in [0.05, 0.1) is 13.2 Å². The van der Waals surface area contributed by atoms with Crippen LogP contribution in [0.15, 0.2) is 41.1 Å². The quantitative estimate of drug-likeness (QED) is 0.858. The molecule has 0 aliphatic heterocycles. The molecule has 4 nitrogen and oxygen atoms in total. The minimum Gasteiger partial charge on any atom is -0.496 e. The summed E-state index contributed by atoms with van der Waals surface area (Å²) in [6.07, 6.45) is 1.59. The van der Waals surface area contributed by atoms with E-state index in [1.54, 1.807) is 25.4 Å². The number of halogens is 1. The highest BCUT2D eigenvalue weighted by Gasteiger charge is 2.15. The van der Waals surface area contributed by atoms with E-state index >= 15 is 0 Å². The second-order valence-corrected chi connectivity index (χ2v) is 5.62. The molecule has 0 aliphatic rings. The number of carbonyl (C=O) groups is 1. The van der Waals surface area contributed by atoms with Crippen molar-refractivity contribution in [3.8, 4) is 5.75 Å². The first-order valence-corrected chi connectivity index (χ1v) is 7.37. The number of carbonyl (C=O) groups excluding carboxylic acids is 1. The normalized spacial score (nSPS) is 11.8. The predicted octanol–water partition coefficient (Wildman–Crippen LogP) is 3.65. The Labute approximate surface area is 132 Å². The molecular formula is C16H17BrN2O2. The second-order valence-electron chi connectivity index (χ2n) is 4.81. The Kier molecular flexibility index (Phi) is 4.96. The Morgan fingerprint density at radius 2 is 2.10 bits per heavy atom. The predicted molar refractivity (Wildman–Crippen MR) is 85.5 cm³/mol. The molecule has 5 heteroatoms. The van der Waals surface area contributed by atoms with E-state index in [2.05, 4.69) is 26.2 Å². The van der Waals surface area contributed by atoms with Gasteiger partial charge in [0.15, 0.2) is 0 Å². The lowest BCUT2D eigenvalue weighted by Gasteiger charge is -2.18. The van der Waals surface area contributed by atoms with E-state index in [0.717, 1.165) is 16.9 Å². The van der Waals surface area contributed by atoms with Crippen molar-refractivity contribution in [2.24, 2.45) is 0 Å². The number of aryl methyl sites for hydroxylation is 1. The van der Waals surface area contributed by atoms with Crippen molar-refractivity contribution in [1.29, 1.82) is 0 Å². The van der Waals surface area contributed by atoms with Crippen LogP contribution < -0.4 is 10.1 Å². The van der Waals surface area contributed by atoms with Gasteiger partial charge in [0, 0.05) is 17.3 Å². The van der Waals surface area contributed by atoms with Gasteiger partial charge in [-0.25, -0.2) is 4.98 Å². The van der Waals surface area contributed by atoms with Gasteiger partial charge in [-0.3, -0.25) is 4.79 Å². The summed E-state index contributed by atoms with van der Waals surface area (Å²) in [7, 11) is 1.63. The molecule has 2 aromatic rings. The first-order chi connectivity index (χ1) is 10.0. The van der Waals surface area contributed by atoms with Gasteiger partial charge in [0.1, 0.15) is 10.4 Å². The van der Waals surface area contributed by atoms with Crippen LogP contribution in [-0.2, 0) is 0 Å². The van der Waals surface area contributed by atoms with Crippen LogP contribution in [0.4, 0.5) is 0 Å². The van der Waals surface area contributed by atoms with Crippen LogP contribution in [0.1, 0.15) is 34.5 Å². The van der Waals surface area contributed by atoms with E-state index in [1.807, 2.05) is 32.0 Å². The molecule has 0 spiro atoms. The molecule has 1 atom stereocenters. The van der Waals surface area contributed by atoms with Gasteiger partial charge >= 0.3 is 0 Å². The van der Waals surface area contributed by atoms with Gasteiger partial charge in [-0.05, 0) is 48.0 Å². The first-order valence-electron chi connectivity index (χ1n) is 6.58. The van der Waals surface area contributed by atoms with E-state index < -0.39 is 0 Å². The molecule has 1 unspecified atom stereocenters. The fraction of sp³-hybridized carbons (Fsp3) is 0.250. The number of nitrogens with one attached hydrogen (secondary N) is 1. The average Bonchev–Trinajstić information content (AvgIpc) is 2.47. The summed E-state index contributed by atoms with van der Waals surface area (Å²) >= 11 is 3.26. The smallest absolute Gasteiger partial charge is 0.251 e. The van der Waals surface area contributed by atoms with E-state index in [9.17, 15) is 4.79 Å². The molecular weight excluding hydrogens is 332 g/mol. The molecule has 1 heterocycles. The molecule has 0 saturated carbocycles. The second kappa shape index (κ2) is 6.72. The van der Waals surface area contributed by atoms with E-state index in [1.165, 1.54) is 0 Å². The number of hydrogen-bond donors (Lipinski definition) is 1. The minimum absolute atomic E-state index is 0.144. The summed E-state index contributed by atoms with van der Waals surface area (Å²) in [5.41, 5.74) is 2.65. The monoisotopic (exact) mass is 348 g/mol. The lowest BCUT2D eigenvalue weighted by Crippen LogP contribution is -2.27. The zero-order valence-electron chi connectivity index (χ0n) is 12.2. The number of methoxy groups -OCH3 is 1.